The molecule has 0 saturated heterocycles. The summed E-state index contributed by atoms with van der Waals surface area (Å²) in [5.74, 6) is 1.58. The Balaban J connectivity index is 2.06. The van der Waals surface area contributed by atoms with Gasteiger partial charge in [-0.05, 0) is 37.8 Å². The smallest absolute Gasteiger partial charge is 0.145 e. The Morgan fingerprint density at radius 1 is 1.21 bits per heavy atom. The highest BCUT2D eigenvalue weighted by Gasteiger charge is 2.05. The third-order valence-electron chi connectivity index (χ3n) is 3.29. The molecule has 0 aliphatic rings. The summed E-state index contributed by atoms with van der Waals surface area (Å²) < 4.78 is 5.91. The van der Waals surface area contributed by atoms with Crippen LogP contribution in [-0.4, -0.2) is 16.9 Å². The number of ether oxygens (including phenoxy) is 1. The number of alkyl halides is 1. The van der Waals surface area contributed by atoms with Crippen molar-refractivity contribution in [3.8, 4) is 5.75 Å². The Kier molecular flexibility index (Phi) is 5.20. The van der Waals surface area contributed by atoms with E-state index in [1.165, 1.54) is 6.42 Å². The lowest BCUT2D eigenvalue weighted by Gasteiger charge is -2.12. The van der Waals surface area contributed by atoms with Gasteiger partial charge in [-0.2, -0.15) is 0 Å². The summed E-state index contributed by atoms with van der Waals surface area (Å²) in [6.45, 7) is 5.02. The Hall–Kier alpha value is -1.09. The lowest BCUT2D eigenvalue weighted by Crippen LogP contribution is -2.05. The van der Waals surface area contributed by atoms with Crippen LogP contribution >= 0.6 is 15.9 Å². The van der Waals surface area contributed by atoms with E-state index in [0.29, 0.717) is 5.92 Å². The van der Waals surface area contributed by atoms with E-state index in [4.69, 9.17) is 4.74 Å². The van der Waals surface area contributed by atoms with E-state index in [0.717, 1.165) is 40.7 Å². The number of aryl methyl sites for hydroxylation is 1. The average Bonchev–Trinajstić information content (AvgIpc) is 2.39. The SMILES string of the molecule is Cc1ccc2cccc(OCCC(C)CCBr)c2n1. The highest BCUT2D eigenvalue weighted by molar-refractivity contribution is 9.09. The van der Waals surface area contributed by atoms with Crippen molar-refractivity contribution in [2.45, 2.75) is 26.7 Å². The van der Waals surface area contributed by atoms with E-state index in [1.54, 1.807) is 0 Å². The quantitative estimate of drug-likeness (QED) is 0.717. The fraction of sp³-hybridized carbons (Fsp3) is 0.438. The van der Waals surface area contributed by atoms with E-state index >= 15 is 0 Å². The molecular weight excluding hydrogens is 302 g/mol. The molecule has 0 spiro atoms. The van der Waals surface area contributed by atoms with Crippen LogP contribution in [0.25, 0.3) is 10.9 Å². The Morgan fingerprint density at radius 2 is 2.05 bits per heavy atom. The number of benzene rings is 1. The molecule has 19 heavy (non-hydrogen) atoms. The number of fused-ring (bicyclic) bond motifs is 1. The number of nitrogens with zero attached hydrogens (tertiary/aromatic N) is 1. The first kappa shape index (κ1) is 14.3. The summed E-state index contributed by atoms with van der Waals surface area (Å²) in [5, 5.41) is 2.19. The van der Waals surface area contributed by atoms with Gasteiger partial charge in [-0.3, -0.25) is 0 Å². The van der Waals surface area contributed by atoms with Crippen LogP contribution in [0.5, 0.6) is 5.75 Å². The molecule has 0 amide bonds. The number of rotatable bonds is 6. The molecule has 0 bridgehead atoms. The maximum absolute atomic E-state index is 5.91. The molecule has 1 unspecified atom stereocenters. The third kappa shape index (κ3) is 3.93. The lowest BCUT2D eigenvalue weighted by atomic mass is 10.1. The van der Waals surface area contributed by atoms with Crippen molar-refractivity contribution in [3.05, 3.63) is 36.0 Å². The molecule has 0 fully saturated rings. The number of halogens is 1. The minimum Gasteiger partial charge on any atom is -0.491 e. The van der Waals surface area contributed by atoms with Crippen LogP contribution in [0.3, 0.4) is 0 Å². The van der Waals surface area contributed by atoms with Crippen LogP contribution in [0.1, 0.15) is 25.5 Å². The van der Waals surface area contributed by atoms with Gasteiger partial charge in [0, 0.05) is 16.4 Å². The Morgan fingerprint density at radius 3 is 2.84 bits per heavy atom. The number of para-hydroxylation sites is 1. The second-order valence-electron chi connectivity index (χ2n) is 5.00. The second kappa shape index (κ2) is 6.90. The van der Waals surface area contributed by atoms with E-state index in [2.05, 4.69) is 40.0 Å². The van der Waals surface area contributed by atoms with Crippen molar-refractivity contribution in [1.82, 2.24) is 4.98 Å². The van der Waals surface area contributed by atoms with Gasteiger partial charge in [0.15, 0.2) is 0 Å². The topological polar surface area (TPSA) is 22.1 Å². The molecule has 1 aromatic carbocycles. The normalized spacial score (nSPS) is 12.6. The molecule has 1 heterocycles. The summed E-state index contributed by atoms with van der Waals surface area (Å²) in [5.41, 5.74) is 1.99. The Labute approximate surface area is 123 Å². The van der Waals surface area contributed by atoms with Gasteiger partial charge in [-0.25, -0.2) is 4.98 Å². The largest absolute Gasteiger partial charge is 0.491 e. The molecule has 0 aliphatic heterocycles. The molecule has 1 atom stereocenters. The Bertz CT molecular complexity index is 541. The predicted molar refractivity (Wildman–Crippen MR) is 84.2 cm³/mol. The minimum atomic E-state index is 0.684. The van der Waals surface area contributed by atoms with Crippen molar-refractivity contribution in [3.63, 3.8) is 0 Å². The standard InChI is InChI=1S/C16H20BrNO/c1-12(8-10-17)9-11-19-15-5-3-4-14-7-6-13(2)18-16(14)15/h3-7,12H,8-11H2,1-2H3. The summed E-state index contributed by atoms with van der Waals surface area (Å²) in [6.07, 6.45) is 2.27. The van der Waals surface area contributed by atoms with Crippen molar-refractivity contribution in [2.24, 2.45) is 5.92 Å². The van der Waals surface area contributed by atoms with E-state index in [9.17, 15) is 0 Å². The molecule has 102 valence electrons. The number of hydrogen-bond donors (Lipinski definition) is 0. The molecule has 0 saturated carbocycles. The molecule has 0 N–H and O–H groups in total. The number of aromatic nitrogens is 1. The van der Waals surface area contributed by atoms with E-state index < -0.39 is 0 Å². The molecule has 1 aromatic heterocycles. The third-order valence-corrected chi connectivity index (χ3v) is 3.75. The van der Waals surface area contributed by atoms with Gasteiger partial charge in [-0.1, -0.05) is 41.1 Å². The van der Waals surface area contributed by atoms with E-state index in [-0.39, 0.29) is 0 Å². The van der Waals surface area contributed by atoms with Gasteiger partial charge in [0.1, 0.15) is 11.3 Å². The maximum atomic E-state index is 5.91. The van der Waals surface area contributed by atoms with Gasteiger partial charge in [-0.15, -0.1) is 0 Å². The van der Waals surface area contributed by atoms with Crippen LogP contribution in [0.4, 0.5) is 0 Å². The van der Waals surface area contributed by atoms with Gasteiger partial charge in [0.2, 0.25) is 0 Å². The first-order valence-electron chi connectivity index (χ1n) is 6.76. The van der Waals surface area contributed by atoms with E-state index in [1.807, 2.05) is 25.1 Å². The maximum Gasteiger partial charge on any atom is 0.145 e. The fourth-order valence-electron chi connectivity index (χ4n) is 2.03. The average molecular weight is 322 g/mol. The first-order chi connectivity index (χ1) is 9.20. The minimum absolute atomic E-state index is 0.684. The molecule has 0 aliphatic carbocycles. The zero-order chi connectivity index (χ0) is 13.7. The van der Waals surface area contributed by atoms with Gasteiger partial charge in [0.25, 0.3) is 0 Å². The van der Waals surface area contributed by atoms with Crippen LogP contribution in [0, 0.1) is 12.8 Å². The van der Waals surface area contributed by atoms with Crippen LogP contribution in [0.15, 0.2) is 30.3 Å². The van der Waals surface area contributed by atoms with Crippen molar-refractivity contribution < 1.29 is 4.74 Å². The number of pyridine rings is 1. The van der Waals surface area contributed by atoms with Crippen LogP contribution < -0.4 is 4.74 Å². The van der Waals surface area contributed by atoms with Gasteiger partial charge >= 0.3 is 0 Å². The summed E-state index contributed by atoms with van der Waals surface area (Å²) in [4.78, 5) is 4.58. The molecular formula is C16H20BrNO. The summed E-state index contributed by atoms with van der Waals surface area (Å²) in [6, 6.07) is 10.2. The van der Waals surface area contributed by atoms with Crippen molar-refractivity contribution >= 4 is 26.8 Å². The van der Waals surface area contributed by atoms with Gasteiger partial charge < -0.3 is 4.74 Å². The van der Waals surface area contributed by atoms with Crippen LogP contribution in [-0.2, 0) is 0 Å². The molecule has 2 rings (SSSR count). The van der Waals surface area contributed by atoms with Crippen molar-refractivity contribution in [1.29, 1.82) is 0 Å². The summed E-state index contributed by atoms with van der Waals surface area (Å²) >= 11 is 3.48. The highest BCUT2D eigenvalue weighted by Crippen LogP contribution is 2.24. The zero-order valence-corrected chi connectivity index (χ0v) is 13.1. The zero-order valence-electron chi connectivity index (χ0n) is 11.5. The highest BCUT2D eigenvalue weighted by atomic mass is 79.9. The molecule has 2 aromatic rings. The predicted octanol–water partition coefficient (Wildman–Crippen LogP) is 4.73. The fourth-order valence-corrected chi connectivity index (χ4v) is 2.82. The molecule has 3 heteroatoms. The first-order valence-corrected chi connectivity index (χ1v) is 7.88. The van der Waals surface area contributed by atoms with Gasteiger partial charge in [0.05, 0.1) is 6.61 Å². The number of hydrogen-bond acceptors (Lipinski definition) is 2. The molecule has 2 nitrogen and oxygen atoms in total. The summed E-state index contributed by atoms with van der Waals surface area (Å²) in [7, 11) is 0. The second-order valence-corrected chi connectivity index (χ2v) is 5.79. The van der Waals surface area contributed by atoms with Crippen LogP contribution in [0.2, 0.25) is 0 Å². The molecule has 0 radical (unpaired) electrons. The monoisotopic (exact) mass is 321 g/mol. The van der Waals surface area contributed by atoms with Crippen molar-refractivity contribution in [2.75, 3.05) is 11.9 Å². The lowest BCUT2D eigenvalue weighted by molar-refractivity contribution is 0.285.